The molecule has 0 atom stereocenters. The second-order valence-electron chi connectivity index (χ2n) is 20.9. The molecule has 2 aliphatic rings. The van der Waals surface area contributed by atoms with Crippen molar-refractivity contribution in [1.29, 1.82) is 0 Å². The highest BCUT2D eigenvalue weighted by Gasteiger charge is 2.38. The highest BCUT2D eigenvalue weighted by molar-refractivity contribution is 6.96. The first kappa shape index (κ1) is 43.6. The van der Waals surface area contributed by atoms with Crippen molar-refractivity contribution in [3.05, 3.63) is 276 Å². The van der Waals surface area contributed by atoms with Gasteiger partial charge in [0.05, 0.1) is 5.69 Å². The predicted molar refractivity (Wildman–Crippen MR) is 310 cm³/mol. The van der Waals surface area contributed by atoms with Gasteiger partial charge in [0.25, 0.3) is 0 Å². The Morgan fingerprint density at radius 1 is 0.347 bits per heavy atom. The summed E-state index contributed by atoms with van der Waals surface area (Å²) >= 11 is 0. The Balaban J connectivity index is 0.770. The van der Waals surface area contributed by atoms with Crippen LogP contribution in [0.2, 0.25) is 0 Å². The van der Waals surface area contributed by atoms with E-state index in [0.717, 1.165) is 11.4 Å². The van der Waals surface area contributed by atoms with Crippen LogP contribution in [0.4, 0.5) is 17.1 Å². The Morgan fingerprint density at radius 2 is 0.819 bits per heavy atom. The predicted octanol–water partition coefficient (Wildman–Crippen LogP) is 16.4. The number of anilines is 3. The number of hydrogen-bond acceptors (Lipinski definition) is 1. The molecule has 0 fully saturated rings. The number of hydrogen-bond donors (Lipinski definition) is 0. The van der Waals surface area contributed by atoms with Crippen LogP contribution in [0.3, 0.4) is 0 Å². The number of benzene rings is 11. The van der Waals surface area contributed by atoms with E-state index in [1.54, 1.807) is 0 Å². The van der Waals surface area contributed by atoms with E-state index in [2.05, 4.69) is 287 Å². The van der Waals surface area contributed by atoms with Gasteiger partial charge < -0.3 is 4.90 Å². The van der Waals surface area contributed by atoms with Crippen LogP contribution in [-0.4, -0.2) is 6.71 Å². The van der Waals surface area contributed by atoms with Crippen LogP contribution < -0.4 is 21.3 Å². The van der Waals surface area contributed by atoms with Gasteiger partial charge in [-0.3, -0.25) is 0 Å². The molecule has 342 valence electrons. The lowest BCUT2D eigenvalue weighted by Gasteiger charge is -2.27. The summed E-state index contributed by atoms with van der Waals surface area (Å²) < 4.78 is 0. The minimum Gasteiger partial charge on any atom is -0.310 e. The minimum atomic E-state index is -0.158. The smallest absolute Gasteiger partial charge is 0.242 e. The molecule has 11 aromatic carbocycles. The monoisotopic (exact) mass is 919 g/mol. The van der Waals surface area contributed by atoms with Crippen LogP contribution in [0.15, 0.2) is 243 Å². The fraction of sp³-hybridized carbons (Fsp3) is 0.0857. The first-order chi connectivity index (χ1) is 35.2. The van der Waals surface area contributed by atoms with Crippen LogP contribution >= 0.6 is 0 Å². The molecule has 2 aliphatic carbocycles. The summed E-state index contributed by atoms with van der Waals surface area (Å²) in [5, 5.41) is 5.04. The third-order valence-electron chi connectivity index (χ3n) is 16.0. The van der Waals surface area contributed by atoms with E-state index in [1.807, 2.05) is 0 Å². The Labute approximate surface area is 424 Å². The summed E-state index contributed by atoms with van der Waals surface area (Å²) in [5.41, 5.74) is 22.8. The SMILES string of the molecule is CC1(C)c2cc(C=Cc3ccc4c(c3)C(C)(C)c3cc(-c5ccc(N(c6ccccc6)c6cccc7ccccc67)cc5)ccc3-4)ccc2-c2ccc(B(c3ccccc3)c3cccc4ccccc34)cc21. The lowest BCUT2D eigenvalue weighted by Crippen LogP contribution is -2.52. The highest BCUT2D eigenvalue weighted by atomic mass is 15.1. The molecule has 0 aliphatic heterocycles. The van der Waals surface area contributed by atoms with Crippen molar-refractivity contribution in [1.82, 2.24) is 0 Å². The summed E-state index contributed by atoms with van der Waals surface area (Å²) in [7, 11) is 0. The van der Waals surface area contributed by atoms with Gasteiger partial charge in [0.15, 0.2) is 0 Å². The van der Waals surface area contributed by atoms with Crippen molar-refractivity contribution in [3.8, 4) is 33.4 Å². The number of rotatable bonds is 9. The Kier molecular flexibility index (Phi) is 10.4. The normalized spacial score (nSPS) is 13.7. The molecule has 2 heteroatoms. The molecule has 0 radical (unpaired) electrons. The van der Waals surface area contributed by atoms with Gasteiger partial charge in [0, 0.05) is 27.6 Å². The van der Waals surface area contributed by atoms with E-state index in [1.165, 1.54) is 110 Å². The van der Waals surface area contributed by atoms with Gasteiger partial charge in [-0.05, 0) is 119 Å². The standard InChI is InChI=1S/C70H54BN/c1-69(2)63-43-47(31-39-59(63)61-41-35-52(45-65(61)69)49-33-37-56(38-34-49)72(55-23-9-6-10-24-55)68-28-16-20-51-18-12-14-26-58(51)68)29-30-48-32-40-60-62-42-36-54(46-66(62)70(3,4)64(60)44-48)71(53-21-7-5-8-22-53)67-27-15-19-50-17-11-13-25-57(50)67/h5-46H,1-4H3. The molecule has 0 bridgehead atoms. The van der Waals surface area contributed by atoms with Gasteiger partial charge in [-0.15, -0.1) is 0 Å². The Bertz CT molecular complexity index is 3910. The lowest BCUT2D eigenvalue weighted by molar-refractivity contribution is 0.660. The largest absolute Gasteiger partial charge is 0.310 e. The third-order valence-corrected chi connectivity index (χ3v) is 16.0. The summed E-state index contributed by atoms with van der Waals surface area (Å²) in [5.74, 6) is 0. The summed E-state index contributed by atoms with van der Waals surface area (Å²) in [6.07, 6.45) is 4.60. The van der Waals surface area contributed by atoms with Crippen molar-refractivity contribution in [2.24, 2.45) is 0 Å². The van der Waals surface area contributed by atoms with Gasteiger partial charge in [-0.25, -0.2) is 0 Å². The van der Waals surface area contributed by atoms with Crippen LogP contribution in [0.1, 0.15) is 61.1 Å². The van der Waals surface area contributed by atoms with Crippen molar-refractivity contribution < 1.29 is 0 Å². The van der Waals surface area contributed by atoms with E-state index in [-0.39, 0.29) is 17.5 Å². The van der Waals surface area contributed by atoms with Gasteiger partial charge in [0.1, 0.15) is 0 Å². The molecular weight excluding hydrogens is 866 g/mol. The molecule has 0 spiro atoms. The molecule has 1 nitrogen and oxygen atoms in total. The second kappa shape index (κ2) is 17.1. The van der Waals surface area contributed by atoms with Gasteiger partial charge in [-0.2, -0.15) is 0 Å². The molecule has 11 aromatic rings. The molecule has 0 unspecified atom stereocenters. The van der Waals surface area contributed by atoms with E-state index in [4.69, 9.17) is 0 Å². The van der Waals surface area contributed by atoms with E-state index < -0.39 is 0 Å². The highest BCUT2D eigenvalue weighted by Crippen LogP contribution is 2.51. The van der Waals surface area contributed by atoms with Crippen molar-refractivity contribution in [2.45, 2.75) is 38.5 Å². The third kappa shape index (κ3) is 7.24. The molecule has 13 rings (SSSR count). The fourth-order valence-corrected chi connectivity index (χ4v) is 12.2. The number of fused-ring (bicyclic) bond motifs is 8. The number of para-hydroxylation sites is 1. The van der Waals surface area contributed by atoms with E-state index in [0.29, 0.717) is 0 Å². The van der Waals surface area contributed by atoms with Crippen LogP contribution in [0.5, 0.6) is 0 Å². The quantitative estimate of drug-likeness (QED) is 0.103. The molecule has 0 saturated carbocycles. The van der Waals surface area contributed by atoms with Gasteiger partial charge in [0.2, 0.25) is 6.71 Å². The molecule has 0 N–H and O–H groups in total. The average molecular weight is 920 g/mol. The Morgan fingerprint density at radius 3 is 1.47 bits per heavy atom. The average Bonchev–Trinajstić information content (AvgIpc) is 3.79. The van der Waals surface area contributed by atoms with Gasteiger partial charge >= 0.3 is 0 Å². The zero-order valence-corrected chi connectivity index (χ0v) is 41.3. The minimum absolute atomic E-state index is 0.116. The van der Waals surface area contributed by atoms with E-state index >= 15 is 0 Å². The molecule has 72 heavy (non-hydrogen) atoms. The first-order valence-electron chi connectivity index (χ1n) is 25.4. The summed E-state index contributed by atoms with van der Waals surface area (Å²) in [6.45, 7) is 9.69. The van der Waals surface area contributed by atoms with Crippen LogP contribution in [0.25, 0.3) is 67.1 Å². The Hall–Kier alpha value is -8.46. The maximum Gasteiger partial charge on any atom is 0.242 e. The van der Waals surface area contributed by atoms with Gasteiger partial charge in [-0.1, -0.05) is 262 Å². The van der Waals surface area contributed by atoms with Crippen LogP contribution in [0, 0.1) is 0 Å². The molecule has 0 amide bonds. The molecular formula is C70H54BN. The van der Waals surface area contributed by atoms with E-state index in [9.17, 15) is 0 Å². The maximum atomic E-state index is 2.50. The van der Waals surface area contributed by atoms with Crippen LogP contribution in [-0.2, 0) is 10.8 Å². The maximum absolute atomic E-state index is 2.50. The topological polar surface area (TPSA) is 3.24 Å². The first-order valence-corrected chi connectivity index (χ1v) is 25.4. The zero-order valence-electron chi connectivity index (χ0n) is 41.3. The molecule has 0 heterocycles. The molecule has 0 saturated heterocycles. The van der Waals surface area contributed by atoms with Crippen molar-refractivity contribution in [2.75, 3.05) is 4.90 Å². The summed E-state index contributed by atoms with van der Waals surface area (Å²) in [6, 6.07) is 90.0. The summed E-state index contributed by atoms with van der Waals surface area (Å²) in [4.78, 5) is 2.37. The second-order valence-corrected chi connectivity index (χ2v) is 20.9. The molecule has 0 aromatic heterocycles. The fourth-order valence-electron chi connectivity index (χ4n) is 12.2. The zero-order chi connectivity index (χ0) is 48.6. The van der Waals surface area contributed by atoms with Crippen molar-refractivity contribution >= 4 is 73.9 Å². The number of nitrogens with zero attached hydrogens (tertiary/aromatic N) is 1. The lowest BCUT2D eigenvalue weighted by atomic mass is 9.36. The van der Waals surface area contributed by atoms with Crippen molar-refractivity contribution in [3.63, 3.8) is 0 Å².